The lowest BCUT2D eigenvalue weighted by Crippen LogP contribution is -2.48. The molecule has 0 N–H and O–H groups in total. The van der Waals surface area contributed by atoms with Gasteiger partial charge in [0.05, 0.1) is 0 Å². The topological polar surface area (TPSA) is 34.1 Å². The third-order valence-corrected chi connectivity index (χ3v) is 4.70. The maximum absolute atomic E-state index is 12.7. The van der Waals surface area contributed by atoms with E-state index in [2.05, 4.69) is 12.1 Å². The standard InChI is InChI=1S/C18H14O2/c19-17-12-8-4-5-9-13(12)18(20)16-14(10-15(16)17)11-6-2-1-3-7-11/h1-9,14-16H,10H2. The highest BCUT2D eigenvalue weighted by Gasteiger charge is 2.53. The Morgan fingerprint density at radius 3 is 2.00 bits per heavy atom. The summed E-state index contributed by atoms with van der Waals surface area (Å²) >= 11 is 0. The number of carbonyl (C=O) groups is 2. The SMILES string of the molecule is O=C1c2ccccc2C(=O)C2C1CC2c1ccccc1. The molecule has 3 atom stereocenters. The average molecular weight is 262 g/mol. The highest BCUT2D eigenvalue weighted by atomic mass is 16.1. The van der Waals surface area contributed by atoms with Crippen LogP contribution in [-0.2, 0) is 0 Å². The van der Waals surface area contributed by atoms with Crippen LogP contribution in [0.3, 0.4) is 0 Å². The zero-order valence-corrected chi connectivity index (χ0v) is 11.0. The Hall–Kier alpha value is -2.22. The van der Waals surface area contributed by atoms with Crippen molar-refractivity contribution in [2.45, 2.75) is 12.3 Å². The molecule has 0 saturated heterocycles. The Labute approximate surface area is 117 Å². The zero-order chi connectivity index (χ0) is 13.7. The number of ketones is 2. The fourth-order valence-electron chi connectivity index (χ4n) is 3.62. The van der Waals surface area contributed by atoms with Crippen LogP contribution in [0.2, 0.25) is 0 Å². The second kappa shape index (κ2) is 4.14. The molecule has 2 heteroatoms. The maximum atomic E-state index is 12.7. The summed E-state index contributed by atoms with van der Waals surface area (Å²) < 4.78 is 0. The summed E-state index contributed by atoms with van der Waals surface area (Å²) in [4.78, 5) is 25.1. The molecule has 4 rings (SSSR count). The molecule has 0 amide bonds. The van der Waals surface area contributed by atoms with Gasteiger partial charge >= 0.3 is 0 Å². The lowest BCUT2D eigenvalue weighted by Gasteiger charge is -2.46. The normalized spacial score (nSPS) is 27.5. The predicted molar refractivity (Wildman–Crippen MR) is 75.9 cm³/mol. The molecule has 3 unspecified atom stereocenters. The van der Waals surface area contributed by atoms with Gasteiger partial charge in [-0.05, 0) is 17.9 Å². The first-order chi connectivity index (χ1) is 9.77. The number of fused-ring (bicyclic) bond motifs is 2. The molecule has 2 aliphatic rings. The number of Topliss-reactive ketones (excluding diaryl/α,β-unsaturated/α-hetero) is 2. The Kier molecular flexibility index (Phi) is 2.40. The van der Waals surface area contributed by atoms with Crippen molar-refractivity contribution in [2.75, 3.05) is 0 Å². The van der Waals surface area contributed by atoms with Crippen molar-refractivity contribution in [1.82, 2.24) is 0 Å². The molecule has 2 aromatic rings. The van der Waals surface area contributed by atoms with E-state index in [1.807, 2.05) is 30.3 Å². The van der Waals surface area contributed by atoms with Gasteiger partial charge in [0.2, 0.25) is 0 Å². The van der Waals surface area contributed by atoms with Crippen molar-refractivity contribution in [3.8, 4) is 0 Å². The van der Waals surface area contributed by atoms with Crippen LogP contribution in [0.25, 0.3) is 0 Å². The Balaban J connectivity index is 1.76. The number of hydrogen-bond acceptors (Lipinski definition) is 2. The number of carbonyl (C=O) groups excluding carboxylic acids is 2. The molecule has 0 aromatic heterocycles. The van der Waals surface area contributed by atoms with Gasteiger partial charge in [-0.15, -0.1) is 0 Å². The predicted octanol–water partition coefficient (Wildman–Crippen LogP) is 3.49. The molecule has 2 nitrogen and oxygen atoms in total. The van der Waals surface area contributed by atoms with Crippen molar-refractivity contribution in [1.29, 1.82) is 0 Å². The van der Waals surface area contributed by atoms with E-state index in [9.17, 15) is 9.59 Å². The van der Waals surface area contributed by atoms with Gasteiger partial charge < -0.3 is 0 Å². The van der Waals surface area contributed by atoms with E-state index in [4.69, 9.17) is 0 Å². The summed E-state index contributed by atoms with van der Waals surface area (Å²) in [6.07, 6.45) is 0.799. The van der Waals surface area contributed by atoms with E-state index in [1.54, 1.807) is 12.1 Å². The molecule has 0 heterocycles. The molecule has 2 aromatic carbocycles. The second-order valence-electron chi connectivity index (χ2n) is 5.66. The molecule has 2 aliphatic carbocycles. The summed E-state index contributed by atoms with van der Waals surface area (Å²) in [6.45, 7) is 0. The van der Waals surface area contributed by atoms with E-state index in [0.29, 0.717) is 11.1 Å². The molecule has 98 valence electrons. The molecule has 0 bridgehead atoms. The van der Waals surface area contributed by atoms with Gasteiger partial charge in [0.15, 0.2) is 11.6 Å². The zero-order valence-electron chi connectivity index (χ0n) is 11.0. The van der Waals surface area contributed by atoms with Gasteiger partial charge in [-0.25, -0.2) is 0 Å². The van der Waals surface area contributed by atoms with Crippen molar-refractivity contribution in [2.24, 2.45) is 11.8 Å². The van der Waals surface area contributed by atoms with Gasteiger partial charge in [-0.2, -0.15) is 0 Å². The van der Waals surface area contributed by atoms with Crippen LogP contribution in [0, 0.1) is 11.8 Å². The van der Waals surface area contributed by atoms with Crippen molar-refractivity contribution in [3.63, 3.8) is 0 Å². The van der Waals surface area contributed by atoms with Crippen molar-refractivity contribution in [3.05, 3.63) is 71.3 Å². The number of rotatable bonds is 1. The fraction of sp³-hybridized carbons (Fsp3) is 0.222. The third kappa shape index (κ3) is 1.45. The molecule has 20 heavy (non-hydrogen) atoms. The minimum atomic E-state index is -0.153. The Bertz CT molecular complexity index is 702. The lowest BCUT2D eigenvalue weighted by molar-refractivity contribution is 0.0514. The highest BCUT2D eigenvalue weighted by molar-refractivity contribution is 6.17. The van der Waals surface area contributed by atoms with E-state index in [-0.39, 0.29) is 29.3 Å². The third-order valence-electron chi connectivity index (χ3n) is 4.70. The number of hydrogen-bond donors (Lipinski definition) is 0. The first kappa shape index (κ1) is 11.6. The minimum absolute atomic E-state index is 0.109. The quantitative estimate of drug-likeness (QED) is 0.788. The molecular weight excluding hydrogens is 248 g/mol. The molecule has 0 spiro atoms. The van der Waals surface area contributed by atoms with E-state index < -0.39 is 0 Å². The summed E-state index contributed by atoms with van der Waals surface area (Å²) in [5, 5.41) is 0. The smallest absolute Gasteiger partial charge is 0.168 e. The van der Waals surface area contributed by atoms with Crippen molar-refractivity contribution < 1.29 is 9.59 Å². The maximum Gasteiger partial charge on any atom is 0.168 e. The first-order valence-corrected chi connectivity index (χ1v) is 7.00. The largest absolute Gasteiger partial charge is 0.294 e. The van der Waals surface area contributed by atoms with Gasteiger partial charge in [0.25, 0.3) is 0 Å². The van der Waals surface area contributed by atoms with Crippen LogP contribution in [0.15, 0.2) is 54.6 Å². The van der Waals surface area contributed by atoms with Crippen LogP contribution >= 0.6 is 0 Å². The summed E-state index contributed by atoms with van der Waals surface area (Å²) in [5.41, 5.74) is 2.40. The van der Waals surface area contributed by atoms with Crippen LogP contribution in [0.5, 0.6) is 0 Å². The van der Waals surface area contributed by atoms with Crippen LogP contribution in [0.4, 0.5) is 0 Å². The number of benzene rings is 2. The molecule has 1 fully saturated rings. The first-order valence-electron chi connectivity index (χ1n) is 7.00. The fourth-order valence-corrected chi connectivity index (χ4v) is 3.62. The molecule has 0 radical (unpaired) electrons. The summed E-state index contributed by atoms with van der Waals surface area (Å²) in [7, 11) is 0. The van der Waals surface area contributed by atoms with Gasteiger partial charge in [-0.1, -0.05) is 54.6 Å². The van der Waals surface area contributed by atoms with Gasteiger partial charge in [0, 0.05) is 23.0 Å². The Morgan fingerprint density at radius 2 is 1.30 bits per heavy atom. The van der Waals surface area contributed by atoms with E-state index >= 15 is 0 Å². The van der Waals surface area contributed by atoms with Crippen LogP contribution in [-0.4, -0.2) is 11.6 Å². The molecule has 1 saturated carbocycles. The average Bonchev–Trinajstić information content (AvgIpc) is 2.46. The summed E-state index contributed by atoms with van der Waals surface area (Å²) in [5.74, 6) is 0.232. The second-order valence-corrected chi connectivity index (χ2v) is 5.66. The van der Waals surface area contributed by atoms with Crippen LogP contribution in [0.1, 0.15) is 38.6 Å². The van der Waals surface area contributed by atoms with Gasteiger partial charge in [-0.3, -0.25) is 9.59 Å². The van der Waals surface area contributed by atoms with Crippen molar-refractivity contribution >= 4 is 11.6 Å². The van der Waals surface area contributed by atoms with Gasteiger partial charge in [0.1, 0.15) is 0 Å². The monoisotopic (exact) mass is 262 g/mol. The molecular formula is C18H14O2. The minimum Gasteiger partial charge on any atom is -0.294 e. The van der Waals surface area contributed by atoms with E-state index in [0.717, 1.165) is 6.42 Å². The summed E-state index contributed by atoms with van der Waals surface area (Å²) in [6, 6.07) is 17.3. The highest BCUT2D eigenvalue weighted by Crippen LogP contribution is 2.52. The van der Waals surface area contributed by atoms with E-state index in [1.165, 1.54) is 5.56 Å². The Morgan fingerprint density at radius 1 is 0.700 bits per heavy atom. The lowest BCUT2D eigenvalue weighted by atomic mass is 9.55. The molecule has 0 aliphatic heterocycles. The van der Waals surface area contributed by atoms with Crippen LogP contribution < -0.4 is 0 Å².